The first-order valence-electron chi connectivity index (χ1n) is 9.12. The van der Waals surface area contributed by atoms with E-state index in [2.05, 4.69) is 10.3 Å². The maximum atomic E-state index is 6.07. The van der Waals surface area contributed by atoms with Crippen molar-refractivity contribution >= 4 is 29.9 Å². The number of rotatable bonds is 7. The number of hydrogen-bond donors (Lipinski definition) is 2. The Bertz CT molecular complexity index is 548. The van der Waals surface area contributed by atoms with Crippen molar-refractivity contribution in [3.63, 3.8) is 0 Å². The van der Waals surface area contributed by atoms with Crippen LogP contribution in [0.2, 0.25) is 0 Å². The van der Waals surface area contributed by atoms with Crippen LogP contribution in [-0.2, 0) is 6.54 Å². The van der Waals surface area contributed by atoms with Crippen molar-refractivity contribution in [2.24, 2.45) is 10.7 Å². The zero-order chi connectivity index (χ0) is 18.1. The van der Waals surface area contributed by atoms with E-state index in [0.717, 1.165) is 5.56 Å². The highest BCUT2D eigenvalue weighted by atomic mass is 127. The van der Waals surface area contributed by atoms with E-state index in [4.69, 9.17) is 19.9 Å². The number of guanidine groups is 1. The first kappa shape index (κ1) is 22.7. The Morgan fingerprint density at radius 1 is 1.12 bits per heavy atom. The number of aliphatic imine (C=N–C) groups is 1. The minimum Gasteiger partial charge on any atom is -0.493 e. The van der Waals surface area contributed by atoms with Gasteiger partial charge in [-0.05, 0) is 37.5 Å². The molecule has 0 saturated heterocycles. The summed E-state index contributed by atoms with van der Waals surface area (Å²) in [6.45, 7) is 2.93. The van der Waals surface area contributed by atoms with Gasteiger partial charge in [-0.15, -0.1) is 24.0 Å². The third-order valence-electron chi connectivity index (χ3n) is 4.45. The van der Waals surface area contributed by atoms with Gasteiger partial charge in [-0.2, -0.15) is 0 Å². The van der Waals surface area contributed by atoms with Crippen molar-refractivity contribution in [3.8, 4) is 17.2 Å². The normalized spacial score (nSPS) is 15.6. The van der Waals surface area contributed by atoms with Gasteiger partial charge in [0.25, 0.3) is 0 Å². The summed E-state index contributed by atoms with van der Waals surface area (Å²) in [5.41, 5.74) is 7.03. The number of nitrogens with two attached hydrogens (primary N) is 1. The lowest BCUT2D eigenvalue weighted by Crippen LogP contribution is -2.39. The molecule has 1 saturated carbocycles. The number of nitrogens with zero attached hydrogens (tertiary/aromatic N) is 1. The van der Waals surface area contributed by atoms with Crippen LogP contribution in [0.4, 0.5) is 0 Å². The van der Waals surface area contributed by atoms with Gasteiger partial charge in [0, 0.05) is 6.04 Å². The topological polar surface area (TPSA) is 78.1 Å². The summed E-state index contributed by atoms with van der Waals surface area (Å²) in [7, 11) is 3.23. The zero-order valence-electron chi connectivity index (χ0n) is 16.0. The van der Waals surface area contributed by atoms with E-state index in [1.54, 1.807) is 14.2 Å². The largest absolute Gasteiger partial charge is 0.493 e. The molecular weight excluding hydrogens is 445 g/mol. The quantitative estimate of drug-likeness (QED) is 0.270. The maximum absolute atomic E-state index is 6.07. The Balaban J connectivity index is 0.00000338. The molecule has 1 aliphatic carbocycles. The number of hydrogen-bond acceptors (Lipinski definition) is 4. The first-order chi connectivity index (χ1) is 12.2. The van der Waals surface area contributed by atoms with Crippen LogP contribution >= 0.6 is 24.0 Å². The molecule has 26 heavy (non-hydrogen) atoms. The molecule has 0 radical (unpaired) electrons. The third-order valence-corrected chi connectivity index (χ3v) is 4.45. The van der Waals surface area contributed by atoms with Crippen molar-refractivity contribution in [1.29, 1.82) is 0 Å². The zero-order valence-corrected chi connectivity index (χ0v) is 18.4. The van der Waals surface area contributed by atoms with Crippen LogP contribution in [0.5, 0.6) is 17.2 Å². The predicted octanol–water partition coefficient (Wildman–Crippen LogP) is 3.85. The van der Waals surface area contributed by atoms with Crippen LogP contribution in [-0.4, -0.2) is 32.8 Å². The number of nitrogens with one attached hydrogen (secondary N) is 1. The van der Waals surface area contributed by atoms with Gasteiger partial charge in [0.1, 0.15) is 0 Å². The lowest BCUT2D eigenvalue weighted by Gasteiger charge is -2.17. The second-order valence-corrected chi connectivity index (χ2v) is 6.30. The fraction of sp³-hybridized carbons (Fsp3) is 0.632. The second-order valence-electron chi connectivity index (χ2n) is 6.30. The van der Waals surface area contributed by atoms with E-state index < -0.39 is 0 Å². The van der Waals surface area contributed by atoms with Crippen LogP contribution in [0.3, 0.4) is 0 Å². The van der Waals surface area contributed by atoms with E-state index in [9.17, 15) is 0 Å². The van der Waals surface area contributed by atoms with Crippen LogP contribution in [0.1, 0.15) is 51.0 Å². The number of halogens is 1. The lowest BCUT2D eigenvalue weighted by molar-refractivity contribution is 0.288. The summed E-state index contributed by atoms with van der Waals surface area (Å²) in [5, 5.41) is 3.36. The lowest BCUT2D eigenvalue weighted by atomic mass is 10.1. The molecule has 1 aromatic rings. The smallest absolute Gasteiger partial charge is 0.203 e. The summed E-state index contributed by atoms with van der Waals surface area (Å²) >= 11 is 0. The number of methoxy groups -OCH3 is 2. The summed E-state index contributed by atoms with van der Waals surface area (Å²) in [6, 6.07) is 4.27. The van der Waals surface area contributed by atoms with Crippen LogP contribution < -0.4 is 25.3 Å². The fourth-order valence-electron chi connectivity index (χ4n) is 3.17. The Morgan fingerprint density at radius 2 is 1.69 bits per heavy atom. The van der Waals surface area contributed by atoms with Gasteiger partial charge in [-0.25, -0.2) is 4.99 Å². The molecule has 0 atom stereocenters. The van der Waals surface area contributed by atoms with Gasteiger partial charge in [-0.3, -0.25) is 0 Å². The Labute approximate surface area is 173 Å². The minimum atomic E-state index is 0. The average Bonchev–Trinajstić information content (AvgIpc) is 2.89. The molecule has 0 aromatic heterocycles. The van der Waals surface area contributed by atoms with Crippen LogP contribution in [0, 0.1) is 0 Å². The SMILES string of the molecule is CCOc1c(OC)cc(CN=C(N)NC2CCCCCC2)cc1OC.I. The maximum Gasteiger partial charge on any atom is 0.203 e. The van der Waals surface area contributed by atoms with E-state index in [1.807, 2.05) is 19.1 Å². The van der Waals surface area contributed by atoms with Crippen molar-refractivity contribution in [2.45, 2.75) is 58.0 Å². The van der Waals surface area contributed by atoms with Crippen molar-refractivity contribution in [2.75, 3.05) is 20.8 Å². The van der Waals surface area contributed by atoms with Crippen molar-refractivity contribution < 1.29 is 14.2 Å². The molecule has 7 heteroatoms. The van der Waals surface area contributed by atoms with Crippen LogP contribution in [0.25, 0.3) is 0 Å². The second kappa shape index (κ2) is 12.1. The standard InChI is InChI=1S/C19H31N3O3.HI/c1-4-25-18-16(23-2)11-14(12-17(18)24-3)13-21-19(20)22-15-9-7-5-6-8-10-15;/h11-12,15H,4-10,13H2,1-3H3,(H3,20,21,22);1H. The molecule has 1 fully saturated rings. The highest BCUT2D eigenvalue weighted by Gasteiger charge is 2.15. The van der Waals surface area contributed by atoms with E-state index in [1.165, 1.54) is 38.5 Å². The van der Waals surface area contributed by atoms with Gasteiger partial charge in [-0.1, -0.05) is 25.7 Å². The molecule has 148 valence electrons. The van der Waals surface area contributed by atoms with E-state index >= 15 is 0 Å². The Kier molecular flexibility index (Phi) is 10.5. The predicted molar refractivity (Wildman–Crippen MR) is 116 cm³/mol. The molecule has 0 unspecified atom stereocenters. The fourth-order valence-corrected chi connectivity index (χ4v) is 3.17. The molecular formula is C19H32IN3O3. The number of ether oxygens (including phenoxy) is 3. The van der Waals surface area contributed by atoms with E-state index in [0.29, 0.717) is 42.4 Å². The van der Waals surface area contributed by atoms with Gasteiger partial charge in [0.15, 0.2) is 17.5 Å². The van der Waals surface area contributed by atoms with Gasteiger partial charge in [0.05, 0.1) is 27.4 Å². The molecule has 0 spiro atoms. The molecule has 0 aliphatic heterocycles. The van der Waals surface area contributed by atoms with Gasteiger partial charge >= 0.3 is 0 Å². The van der Waals surface area contributed by atoms with Crippen LogP contribution in [0.15, 0.2) is 17.1 Å². The summed E-state index contributed by atoms with van der Waals surface area (Å²) < 4.78 is 16.5. The molecule has 0 amide bonds. The van der Waals surface area contributed by atoms with Crippen molar-refractivity contribution in [3.05, 3.63) is 17.7 Å². The molecule has 0 heterocycles. The number of benzene rings is 1. The molecule has 1 aliphatic rings. The highest BCUT2D eigenvalue weighted by molar-refractivity contribution is 14.0. The third kappa shape index (κ3) is 6.74. The minimum absolute atomic E-state index is 0. The summed E-state index contributed by atoms with van der Waals surface area (Å²) in [4.78, 5) is 4.48. The molecule has 6 nitrogen and oxygen atoms in total. The van der Waals surface area contributed by atoms with Crippen molar-refractivity contribution in [1.82, 2.24) is 5.32 Å². The summed E-state index contributed by atoms with van der Waals surface area (Å²) in [6.07, 6.45) is 7.50. The Morgan fingerprint density at radius 3 is 2.19 bits per heavy atom. The monoisotopic (exact) mass is 477 g/mol. The van der Waals surface area contributed by atoms with Gasteiger partial charge in [0.2, 0.25) is 5.75 Å². The molecule has 0 bridgehead atoms. The highest BCUT2D eigenvalue weighted by Crippen LogP contribution is 2.38. The Hall–Kier alpha value is -1.38. The van der Waals surface area contributed by atoms with E-state index in [-0.39, 0.29) is 24.0 Å². The molecule has 3 N–H and O–H groups in total. The molecule has 2 rings (SSSR count). The first-order valence-corrected chi connectivity index (χ1v) is 9.12. The average molecular weight is 477 g/mol. The summed E-state index contributed by atoms with van der Waals surface area (Å²) in [5.74, 6) is 2.40. The molecule has 1 aromatic carbocycles. The van der Waals surface area contributed by atoms with Gasteiger partial charge < -0.3 is 25.3 Å².